The van der Waals surface area contributed by atoms with Crippen LogP contribution in [0, 0.1) is 0 Å². The predicted octanol–water partition coefficient (Wildman–Crippen LogP) is 1.70. The summed E-state index contributed by atoms with van der Waals surface area (Å²) in [7, 11) is 0. The van der Waals surface area contributed by atoms with Crippen molar-refractivity contribution in [3.8, 4) is 0 Å². The van der Waals surface area contributed by atoms with Gasteiger partial charge in [0.05, 0.1) is 13.1 Å². The summed E-state index contributed by atoms with van der Waals surface area (Å²) < 4.78 is 5.04. The summed E-state index contributed by atoms with van der Waals surface area (Å²) in [5, 5.41) is 8.79. The van der Waals surface area contributed by atoms with E-state index >= 15 is 0 Å². The Bertz CT molecular complexity index is 456. The molecule has 2 rings (SSSR count). The number of ether oxygens (including phenoxy) is 1. The molecule has 5 nitrogen and oxygen atoms in total. The molecule has 0 aliphatic carbocycles. The van der Waals surface area contributed by atoms with Crippen LogP contribution in [-0.2, 0) is 16.1 Å². The number of halogens is 1. The monoisotopic (exact) mass is 269 g/mol. The van der Waals surface area contributed by atoms with E-state index in [1.54, 1.807) is 0 Å². The zero-order valence-electron chi connectivity index (χ0n) is 9.51. The first-order valence-corrected chi connectivity index (χ1v) is 5.77. The van der Waals surface area contributed by atoms with Crippen molar-refractivity contribution in [2.75, 3.05) is 13.1 Å². The molecule has 18 heavy (non-hydrogen) atoms. The number of rotatable bonds is 3. The highest BCUT2D eigenvalue weighted by Crippen LogP contribution is 2.29. The summed E-state index contributed by atoms with van der Waals surface area (Å²) in [6, 6.07) is 9.25. The second-order valence-electron chi connectivity index (χ2n) is 4.17. The van der Waals surface area contributed by atoms with Crippen molar-refractivity contribution in [2.24, 2.45) is 0 Å². The SMILES string of the molecule is O=C(OCc1ccccc1)N1CC(Cl)(C(=O)O)C1. The van der Waals surface area contributed by atoms with E-state index in [1.807, 2.05) is 30.3 Å². The number of nitrogens with zero attached hydrogens (tertiary/aromatic N) is 1. The number of hydrogen-bond acceptors (Lipinski definition) is 3. The molecule has 1 saturated heterocycles. The largest absolute Gasteiger partial charge is 0.480 e. The third-order valence-electron chi connectivity index (χ3n) is 2.73. The molecule has 1 aliphatic heterocycles. The fourth-order valence-electron chi connectivity index (χ4n) is 1.63. The van der Waals surface area contributed by atoms with E-state index in [0.29, 0.717) is 0 Å². The van der Waals surface area contributed by atoms with Crippen LogP contribution in [0.15, 0.2) is 30.3 Å². The zero-order chi connectivity index (χ0) is 13.2. The van der Waals surface area contributed by atoms with Gasteiger partial charge in [0.2, 0.25) is 0 Å². The number of likely N-dealkylation sites (tertiary alicyclic amines) is 1. The molecule has 0 unspecified atom stereocenters. The highest BCUT2D eigenvalue weighted by molar-refractivity contribution is 6.35. The smallest absolute Gasteiger partial charge is 0.410 e. The number of hydrogen-bond donors (Lipinski definition) is 1. The molecule has 6 heteroatoms. The Kier molecular flexibility index (Phi) is 3.43. The lowest BCUT2D eigenvalue weighted by atomic mass is 10.0. The van der Waals surface area contributed by atoms with Gasteiger partial charge in [-0.2, -0.15) is 0 Å². The normalized spacial score (nSPS) is 16.8. The van der Waals surface area contributed by atoms with Gasteiger partial charge in [-0.25, -0.2) is 4.79 Å². The topological polar surface area (TPSA) is 66.8 Å². The molecule has 1 N–H and O–H groups in total. The molecule has 1 aromatic carbocycles. The molecule has 1 aromatic rings. The van der Waals surface area contributed by atoms with E-state index in [-0.39, 0.29) is 19.7 Å². The average molecular weight is 270 g/mol. The van der Waals surface area contributed by atoms with Gasteiger partial charge in [0, 0.05) is 0 Å². The van der Waals surface area contributed by atoms with Crippen LogP contribution >= 0.6 is 11.6 Å². The minimum absolute atomic E-state index is 0.0302. The van der Waals surface area contributed by atoms with Crippen LogP contribution in [0.5, 0.6) is 0 Å². The van der Waals surface area contributed by atoms with Crippen molar-refractivity contribution >= 4 is 23.7 Å². The molecule has 1 fully saturated rings. The minimum Gasteiger partial charge on any atom is -0.480 e. The quantitative estimate of drug-likeness (QED) is 0.848. The van der Waals surface area contributed by atoms with Crippen LogP contribution in [0.3, 0.4) is 0 Å². The predicted molar refractivity (Wildman–Crippen MR) is 64.4 cm³/mol. The van der Waals surface area contributed by atoms with Gasteiger partial charge in [-0.3, -0.25) is 4.79 Å². The van der Waals surface area contributed by atoms with Gasteiger partial charge >= 0.3 is 12.1 Å². The molecule has 1 amide bonds. The van der Waals surface area contributed by atoms with Crippen molar-refractivity contribution < 1.29 is 19.4 Å². The summed E-state index contributed by atoms with van der Waals surface area (Å²) in [6.45, 7) is 0.105. The molecular weight excluding hydrogens is 258 g/mol. The van der Waals surface area contributed by atoms with Gasteiger partial charge in [-0.1, -0.05) is 30.3 Å². The highest BCUT2D eigenvalue weighted by atomic mass is 35.5. The summed E-state index contributed by atoms with van der Waals surface area (Å²) >= 11 is 5.75. The standard InChI is InChI=1S/C12H12ClNO4/c13-12(10(15)16)7-14(8-12)11(17)18-6-9-4-2-1-3-5-9/h1-5H,6-8H2,(H,15,16). The fraction of sp³-hybridized carbons (Fsp3) is 0.333. The Morgan fingerprint density at radius 2 is 1.94 bits per heavy atom. The third kappa shape index (κ3) is 2.56. The second-order valence-corrected chi connectivity index (χ2v) is 4.89. The van der Waals surface area contributed by atoms with Gasteiger partial charge in [-0.05, 0) is 5.56 Å². The maximum absolute atomic E-state index is 11.6. The average Bonchev–Trinajstić information content (AvgIpc) is 2.33. The minimum atomic E-state index is -1.36. The second kappa shape index (κ2) is 4.86. The van der Waals surface area contributed by atoms with Crippen LogP contribution in [0.25, 0.3) is 0 Å². The van der Waals surface area contributed by atoms with Gasteiger partial charge in [0.1, 0.15) is 6.61 Å². The fourth-order valence-corrected chi connectivity index (χ4v) is 1.92. The summed E-state index contributed by atoms with van der Waals surface area (Å²) in [4.78, 5) is 22.2. The number of alkyl halides is 1. The molecule has 1 heterocycles. The van der Waals surface area contributed by atoms with Crippen molar-refractivity contribution in [1.29, 1.82) is 0 Å². The Hall–Kier alpha value is -1.75. The number of aliphatic carboxylic acids is 1. The number of carboxylic acids is 1. The maximum Gasteiger partial charge on any atom is 0.410 e. The summed E-state index contributed by atoms with van der Waals surface area (Å²) in [5.41, 5.74) is 0.877. The first-order chi connectivity index (χ1) is 8.51. The molecule has 0 bridgehead atoms. The maximum atomic E-state index is 11.6. The van der Waals surface area contributed by atoms with Crippen molar-refractivity contribution in [1.82, 2.24) is 4.90 Å². The van der Waals surface area contributed by atoms with E-state index < -0.39 is 16.9 Å². The Morgan fingerprint density at radius 3 is 2.50 bits per heavy atom. The summed E-state index contributed by atoms with van der Waals surface area (Å²) in [5.74, 6) is -1.11. The first kappa shape index (κ1) is 12.7. The van der Waals surface area contributed by atoms with E-state index in [0.717, 1.165) is 5.56 Å². The van der Waals surface area contributed by atoms with Gasteiger partial charge < -0.3 is 14.7 Å². The Labute approximate surface area is 109 Å². The number of carbonyl (C=O) groups is 2. The molecule has 96 valence electrons. The third-order valence-corrected chi connectivity index (χ3v) is 3.13. The Morgan fingerprint density at radius 1 is 1.33 bits per heavy atom. The van der Waals surface area contributed by atoms with Crippen LogP contribution in [-0.4, -0.2) is 40.0 Å². The van der Waals surface area contributed by atoms with Crippen molar-refractivity contribution in [2.45, 2.75) is 11.5 Å². The van der Waals surface area contributed by atoms with Crippen LogP contribution in [0.4, 0.5) is 4.79 Å². The number of benzene rings is 1. The number of amides is 1. The van der Waals surface area contributed by atoms with E-state index in [9.17, 15) is 9.59 Å². The van der Waals surface area contributed by atoms with Crippen LogP contribution < -0.4 is 0 Å². The number of carbonyl (C=O) groups excluding carboxylic acids is 1. The Balaban J connectivity index is 1.80. The van der Waals surface area contributed by atoms with E-state index in [2.05, 4.69) is 0 Å². The molecular formula is C12H12ClNO4. The molecule has 0 atom stereocenters. The van der Waals surface area contributed by atoms with E-state index in [1.165, 1.54) is 4.90 Å². The lowest BCUT2D eigenvalue weighted by Gasteiger charge is -2.41. The molecule has 0 spiro atoms. The number of carboxylic acid groups (broad SMARTS) is 1. The first-order valence-electron chi connectivity index (χ1n) is 5.39. The zero-order valence-corrected chi connectivity index (χ0v) is 10.3. The van der Waals surface area contributed by atoms with Gasteiger partial charge in [0.25, 0.3) is 0 Å². The van der Waals surface area contributed by atoms with Crippen LogP contribution in [0.2, 0.25) is 0 Å². The van der Waals surface area contributed by atoms with Crippen molar-refractivity contribution in [3.63, 3.8) is 0 Å². The van der Waals surface area contributed by atoms with E-state index in [4.69, 9.17) is 21.4 Å². The highest BCUT2D eigenvalue weighted by Gasteiger charge is 2.50. The molecule has 0 saturated carbocycles. The molecule has 0 radical (unpaired) electrons. The lowest BCUT2D eigenvalue weighted by molar-refractivity contribution is -0.144. The molecule has 1 aliphatic rings. The van der Waals surface area contributed by atoms with Gasteiger partial charge in [0.15, 0.2) is 4.87 Å². The summed E-state index contributed by atoms with van der Waals surface area (Å²) in [6.07, 6.45) is -0.545. The lowest BCUT2D eigenvalue weighted by Crippen LogP contribution is -2.64. The molecule has 0 aromatic heterocycles. The van der Waals surface area contributed by atoms with Crippen LogP contribution in [0.1, 0.15) is 5.56 Å². The van der Waals surface area contributed by atoms with Gasteiger partial charge in [-0.15, -0.1) is 11.6 Å². The van der Waals surface area contributed by atoms with Crippen molar-refractivity contribution in [3.05, 3.63) is 35.9 Å².